The van der Waals surface area contributed by atoms with E-state index >= 15 is 0 Å². The molecule has 1 aliphatic carbocycles. The summed E-state index contributed by atoms with van der Waals surface area (Å²) in [4.78, 5) is 13.9. The van der Waals surface area contributed by atoms with Gasteiger partial charge in [-0.1, -0.05) is 18.9 Å². The minimum absolute atomic E-state index is 0.0695. The molecule has 0 aromatic heterocycles. The van der Waals surface area contributed by atoms with Crippen LogP contribution in [0.5, 0.6) is 0 Å². The van der Waals surface area contributed by atoms with Crippen LogP contribution in [0.2, 0.25) is 0 Å². The van der Waals surface area contributed by atoms with Crippen molar-refractivity contribution < 1.29 is 9.18 Å². The Bertz CT molecular complexity index is 475. The predicted octanol–water partition coefficient (Wildman–Crippen LogP) is 2.73. The fourth-order valence-electron chi connectivity index (χ4n) is 2.45. The average molecular weight is 246 g/mol. The van der Waals surface area contributed by atoms with Crippen LogP contribution in [0.15, 0.2) is 24.3 Å². The molecule has 0 unspecified atom stereocenters. The van der Waals surface area contributed by atoms with Crippen LogP contribution in [-0.4, -0.2) is 23.4 Å². The van der Waals surface area contributed by atoms with Crippen LogP contribution < -0.4 is 0 Å². The highest BCUT2D eigenvalue weighted by atomic mass is 19.1. The van der Waals surface area contributed by atoms with Gasteiger partial charge in [0.15, 0.2) is 0 Å². The summed E-state index contributed by atoms with van der Waals surface area (Å²) < 4.78 is 13.1. The molecule has 0 radical (unpaired) electrons. The summed E-state index contributed by atoms with van der Waals surface area (Å²) in [7, 11) is 0. The molecule has 1 saturated carbocycles. The number of amides is 1. The maximum absolute atomic E-state index is 13.1. The number of rotatable bonds is 3. The lowest BCUT2D eigenvalue weighted by molar-refractivity contribution is 0.0709. The van der Waals surface area contributed by atoms with E-state index in [-0.39, 0.29) is 18.5 Å². The van der Waals surface area contributed by atoms with Crippen LogP contribution in [0.25, 0.3) is 0 Å². The van der Waals surface area contributed by atoms with E-state index in [2.05, 4.69) is 0 Å². The third-order valence-corrected chi connectivity index (χ3v) is 3.34. The number of nitriles is 1. The maximum atomic E-state index is 13.1. The first kappa shape index (κ1) is 12.6. The van der Waals surface area contributed by atoms with Crippen LogP contribution in [0.4, 0.5) is 4.39 Å². The normalized spacial score (nSPS) is 15.3. The first-order valence-electron chi connectivity index (χ1n) is 6.16. The Morgan fingerprint density at radius 3 is 2.78 bits per heavy atom. The molecule has 1 aromatic rings. The summed E-state index contributed by atoms with van der Waals surface area (Å²) in [5, 5.41) is 8.83. The minimum atomic E-state index is -0.427. The summed E-state index contributed by atoms with van der Waals surface area (Å²) >= 11 is 0. The summed E-state index contributed by atoms with van der Waals surface area (Å²) in [5.74, 6) is -0.674. The number of halogens is 1. The number of carbonyl (C=O) groups is 1. The van der Waals surface area contributed by atoms with Gasteiger partial charge in [0, 0.05) is 11.6 Å². The highest BCUT2D eigenvalue weighted by Gasteiger charge is 2.27. The lowest BCUT2D eigenvalue weighted by atomic mass is 10.1. The number of benzene rings is 1. The van der Waals surface area contributed by atoms with E-state index in [0.29, 0.717) is 5.56 Å². The second-order valence-corrected chi connectivity index (χ2v) is 4.54. The highest BCUT2D eigenvalue weighted by molar-refractivity contribution is 5.94. The SMILES string of the molecule is N#CCN(C(=O)c1cccc(F)c1)C1CCCC1. The van der Waals surface area contributed by atoms with Crippen molar-refractivity contribution >= 4 is 5.91 Å². The third kappa shape index (κ3) is 2.67. The van der Waals surface area contributed by atoms with Crippen molar-refractivity contribution in [2.24, 2.45) is 0 Å². The second-order valence-electron chi connectivity index (χ2n) is 4.54. The van der Waals surface area contributed by atoms with Gasteiger partial charge < -0.3 is 4.90 Å². The fourth-order valence-corrected chi connectivity index (χ4v) is 2.45. The first-order chi connectivity index (χ1) is 8.72. The van der Waals surface area contributed by atoms with Crippen LogP contribution >= 0.6 is 0 Å². The Balaban J connectivity index is 2.20. The van der Waals surface area contributed by atoms with E-state index in [4.69, 9.17) is 5.26 Å². The van der Waals surface area contributed by atoms with Gasteiger partial charge in [-0.15, -0.1) is 0 Å². The topological polar surface area (TPSA) is 44.1 Å². The minimum Gasteiger partial charge on any atom is -0.322 e. The number of hydrogen-bond acceptors (Lipinski definition) is 2. The Hall–Kier alpha value is -1.89. The second kappa shape index (κ2) is 5.63. The molecular weight excluding hydrogens is 231 g/mol. The molecular formula is C14H15FN2O. The predicted molar refractivity (Wildman–Crippen MR) is 65.3 cm³/mol. The van der Waals surface area contributed by atoms with Gasteiger partial charge in [0.2, 0.25) is 0 Å². The lowest BCUT2D eigenvalue weighted by Gasteiger charge is -2.26. The molecule has 0 bridgehead atoms. The summed E-state index contributed by atoms with van der Waals surface area (Å²) in [6.07, 6.45) is 4.04. The zero-order valence-corrected chi connectivity index (χ0v) is 10.1. The standard InChI is InChI=1S/C14H15FN2O/c15-12-5-3-4-11(10-12)14(18)17(9-8-16)13-6-1-2-7-13/h3-5,10,13H,1-2,6-7,9H2. The first-order valence-corrected chi connectivity index (χ1v) is 6.16. The molecule has 2 rings (SSSR count). The van der Waals surface area contributed by atoms with Crippen molar-refractivity contribution in [3.63, 3.8) is 0 Å². The molecule has 1 fully saturated rings. The Labute approximate surface area is 106 Å². The smallest absolute Gasteiger partial charge is 0.255 e. The molecule has 0 spiro atoms. The molecule has 0 N–H and O–H groups in total. The molecule has 1 amide bonds. The van der Waals surface area contributed by atoms with Crippen LogP contribution in [-0.2, 0) is 0 Å². The quantitative estimate of drug-likeness (QED) is 0.770. The highest BCUT2D eigenvalue weighted by Crippen LogP contribution is 2.24. The van der Waals surface area contributed by atoms with Crippen LogP contribution in [0.1, 0.15) is 36.0 Å². The van der Waals surface area contributed by atoms with Crippen molar-refractivity contribution in [3.05, 3.63) is 35.6 Å². The monoisotopic (exact) mass is 246 g/mol. The number of hydrogen-bond donors (Lipinski definition) is 0. The molecule has 1 aliphatic rings. The Morgan fingerprint density at radius 1 is 1.44 bits per heavy atom. The molecule has 0 aliphatic heterocycles. The van der Waals surface area contributed by atoms with Crippen LogP contribution in [0.3, 0.4) is 0 Å². The molecule has 1 aromatic carbocycles. The molecule has 3 nitrogen and oxygen atoms in total. The van der Waals surface area contributed by atoms with Gasteiger partial charge in [0.25, 0.3) is 5.91 Å². The van der Waals surface area contributed by atoms with Crippen molar-refractivity contribution in [2.75, 3.05) is 6.54 Å². The molecule has 0 heterocycles. The van der Waals surface area contributed by atoms with Crippen molar-refractivity contribution in [1.82, 2.24) is 4.90 Å². The Morgan fingerprint density at radius 2 is 2.17 bits per heavy atom. The van der Waals surface area contributed by atoms with Crippen molar-refractivity contribution in [2.45, 2.75) is 31.7 Å². The summed E-state index contributed by atoms with van der Waals surface area (Å²) in [6, 6.07) is 7.78. The number of nitrogens with zero attached hydrogens (tertiary/aromatic N) is 2. The Kier molecular flexibility index (Phi) is 3.93. The fraction of sp³-hybridized carbons (Fsp3) is 0.429. The maximum Gasteiger partial charge on any atom is 0.255 e. The van der Waals surface area contributed by atoms with E-state index in [1.165, 1.54) is 18.2 Å². The lowest BCUT2D eigenvalue weighted by Crippen LogP contribution is -2.39. The molecule has 0 atom stereocenters. The van der Waals surface area contributed by atoms with Crippen molar-refractivity contribution in [3.8, 4) is 6.07 Å². The van der Waals surface area contributed by atoms with Crippen molar-refractivity contribution in [1.29, 1.82) is 5.26 Å². The van der Waals surface area contributed by atoms with Gasteiger partial charge in [-0.2, -0.15) is 5.26 Å². The van der Waals surface area contributed by atoms with E-state index in [1.54, 1.807) is 11.0 Å². The van der Waals surface area contributed by atoms with Gasteiger partial charge in [-0.05, 0) is 31.0 Å². The molecule has 4 heteroatoms. The van der Waals surface area contributed by atoms with Gasteiger partial charge in [0.1, 0.15) is 12.4 Å². The van der Waals surface area contributed by atoms with E-state index in [9.17, 15) is 9.18 Å². The molecule has 94 valence electrons. The zero-order valence-electron chi connectivity index (χ0n) is 10.1. The largest absolute Gasteiger partial charge is 0.322 e. The van der Waals surface area contributed by atoms with E-state index < -0.39 is 5.82 Å². The zero-order chi connectivity index (χ0) is 13.0. The molecule has 0 saturated heterocycles. The van der Waals surface area contributed by atoms with E-state index in [0.717, 1.165) is 25.7 Å². The molecule has 18 heavy (non-hydrogen) atoms. The van der Waals surface area contributed by atoms with Gasteiger partial charge in [-0.25, -0.2) is 4.39 Å². The van der Waals surface area contributed by atoms with Crippen LogP contribution in [0, 0.1) is 17.1 Å². The average Bonchev–Trinajstić information content (AvgIpc) is 2.89. The third-order valence-electron chi connectivity index (χ3n) is 3.34. The van der Waals surface area contributed by atoms with E-state index in [1.807, 2.05) is 6.07 Å². The van der Waals surface area contributed by atoms with Gasteiger partial charge in [-0.3, -0.25) is 4.79 Å². The van der Waals surface area contributed by atoms with Gasteiger partial charge in [0.05, 0.1) is 6.07 Å². The number of carbonyl (C=O) groups excluding carboxylic acids is 1. The summed E-state index contributed by atoms with van der Waals surface area (Å²) in [5.41, 5.74) is 0.317. The van der Waals surface area contributed by atoms with Gasteiger partial charge >= 0.3 is 0 Å². The summed E-state index contributed by atoms with van der Waals surface area (Å²) in [6.45, 7) is 0.0695.